The number of nitrogens with one attached hydrogen (secondary N) is 2. The molecule has 1 aliphatic heterocycles. The first-order chi connectivity index (χ1) is 13.3. The van der Waals surface area contributed by atoms with Crippen molar-refractivity contribution in [3.63, 3.8) is 0 Å². The van der Waals surface area contributed by atoms with Gasteiger partial charge in [-0.15, -0.1) is 0 Å². The van der Waals surface area contributed by atoms with E-state index in [-0.39, 0.29) is 23.9 Å². The second-order valence-corrected chi connectivity index (χ2v) is 6.74. The Morgan fingerprint density at radius 3 is 2.46 bits per heavy atom. The van der Waals surface area contributed by atoms with Crippen LogP contribution in [0.25, 0.3) is 0 Å². The molecule has 2 rings (SSSR count). The predicted molar refractivity (Wildman–Crippen MR) is 109 cm³/mol. The normalized spacial score (nSPS) is 14.4. The van der Waals surface area contributed by atoms with Crippen molar-refractivity contribution in [3.05, 3.63) is 41.4 Å². The average molecular weight is 403 g/mol. The molecule has 1 fully saturated rings. The van der Waals surface area contributed by atoms with Crippen molar-refractivity contribution in [2.75, 3.05) is 31.5 Å². The first-order valence-electron chi connectivity index (χ1n) is 8.85. The van der Waals surface area contributed by atoms with Gasteiger partial charge in [0.05, 0.1) is 16.8 Å². The molecule has 148 valence electrons. The van der Waals surface area contributed by atoms with Gasteiger partial charge in [0.1, 0.15) is 0 Å². The highest BCUT2D eigenvalue weighted by molar-refractivity contribution is 6.33. The van der Waals surface area contributed by atoms with Crippen molar-refractivity contribution >= 4 is 35.1 Å². The van der Waals surface area contributed by atoms with Crippen LogP contribution in [-0.4, -0.2) is 59.9 Å². The SMILES string of the molecule is C=CC(=O)N1CCN(C(=O)N[C@@H](C)C#Cc2ccc(Cl)c(NC(C)=O)c2)CC1. The number of rotatable bonds is 3. The molecule has 0 aromatic heterocycles. The third-order valence-corrected chi connectivity index (χ3v) is 4.43. The first kappa shape index (κ1) is 21.3. The van der Waals surface area contributed by atoms with Crippen molar-refractivity contribution in [3.8, 4) is 11.8 Å². The molecule has 0 aliphatic carbocycles. The van der Waals surface area contributed by atoms with E-state index in [2.05, 4.69) is 29.1 Å². The van der Waals surface area contributed by atoms with Crippen LogP contribution in [0, 0.1) is 11.8 Å². The summed E-state index contributed by atoms with van der Waals surface area (Å²) in [5.74, 6) is 5.58. The average Bonchev–Trinajstić information content (AvgIpc) is 2.67. The third-order valence-electron chi connectivity index (χ3n) is 4.10. The van der Waals surface area contributed by atoms with E-state index in [1.54, 1.807) is 34.9 Å². The van der Waals surface area contributed by atoms with E-state index in [0.29, 0.717) is 42.5 Å². The van der Waals surface area contributed by atoms with Crippen molar-refractivity contribution in [1.82, 2.24) is 15.1 Å². The summed E-state index contributed by atoms with van der Waals surface area (Å²) in [6, 6.07) is 4.48. The fourth-order valence-corrected chi connectivity index (χ4v) is 2.82. The van der Waals surface area contributed by atoms with Crippen LogP contribution in [0.5, 0.6) is 0 Å². The minimum absolute atomic E-state index is 0.124. The van der Waals surface area contributed by atoms with Gasteiger partial charge in [-0.25, -0.2) is 4.79 Å². The van der Waals surface area contributed by atoms with E-state index in [0.717, 1.165) is 0 Å². The maximum Gasteiger partial charge on any atom is 0.318 e. The van der Waals surface area contributed by atoms with Crippen molar-refractivity contribution in [2.24, 2.45) is 0 Å². The molecule has 0 spiro atoms. The molecule has 28 heavy (non-hydrogen) atoms. The van der Waals surface area contributed by atoms with Crippen molar-refractivity contribution < 1.29 is 14.4 Å². The monoisotopic (exact) mass is 402 g/mol. The van der Waals surface area contributed by atoms with E-state index >= 15 is 0 Å². The topological polar surface area (TPSA) is 81.8 Å². The Labute approximate surface area is 169 Å². The van der Waals surface area contributed by atoms with Gasteiger partial charge >= 0.3 is 6.03 Å². The summed E-state index contributed by atoms with van der Waals surface area (Å²) in [7, 11) is 0. The molecule has 0 saturated carbocycles. The Balaban J connectivity index is 1.92. The maximum atomic E-state index is 12.3. The number of urea groups is 1. The molecule has 7 nitrogen and oxygen atoms in total. The molecule has 2 N–H and O–H groups in total. The van der Waals surface area contributed by atoms with Gasteiger partial charge in [-0.05, 0) is 31.2 Å². The fraction of sp³-hybridized carbons (Fsp3) is 0.350. The number of hydrogen-bond acceptors (Lipinski definition) is 3. The van der Waals surface area contributed by atoms with Crippen LogP contribution in [0.15, 0.2) is 30.9 Å². The van der Waals surface area contributed by atoms with Gasteiger partial charge in [0.2, 0.25) is 11.8 Å². The molecule has 0 radical (unpaired) electrons. The number of hydrogen-bond donors (Lipinski definition) is 2. The molecule has 0 bridgehead atoms. The van der Waals surface area contributed by atoms with Crippen LogP contribution in [0.3, 0.4) is 0 Å². The summed E-state index contributed by atoms with van der Waals surface area (Å²) < 4.78 is 0. The summed E-state index contributed by atoms with van der Waals surface area (Å²) in [5.41, 5.74) is 1.16. The molecule has 1 atom stereocenters. The highest BCUT2D eigenvalue weighted by atomic mass is 35.5. The summed E-state index contributed by atoms with van der Waals surface area (Å²) in [6.45, 7) is 8.54. The lowest BCUT2D eigenvalue weighted by molar-refractivity contribution is -0.127. The van der Waals surface area contributed by atoms with Gasteiger partial charge in [-0.3, -0.25) is 9.59 Å². The number of amides is 4. The number of halogens is 1. The quantitative estimate of drug-likeness (QED) is 0.600. The molecular weight excluding hydrogens is 380 g/mol. The summed E-state index contributed by atoms with van der Waals surface area (Å²) >= 11 is 6.04. The van der Waals surface area contributed by atoms with Crippen LogP contribution < -0.4 is 10.6 Å². The largest absolute Gasteiger partial charge is 0.336 e. The molecule has 8 heteroatoms. The van der Waals surface area contributed by atoms with Crippen LogP contribution >= 0.6 is 11.6 Å². The molecular formula is C20H23ClN4O3. The number of piperazine rings is 1. The van der Waals surface area contributed by atoms with E-state index in [1.807, 2.05) is 0 Å². The second kappa shape index (κ2) is 9.81. The van der Waals surface area contributed by atoms with Gasteiger partial charge in [-0.2, -0.15) is 0 Å². The first-order valence-corrected chi connectivity index (χ1v) is 9.23. The molecule has 1 saturated heterocycles. The van der Waals surface area contributed by atoms with Gasteiger partial charge in [0.15, 0.2) is 0 Å². The van der Waals surface area contributed by atoms with E-state index in [4.69, 9.17) is 11.6 Å². The number of benzene rings is 1. The second-order valence-electron chi connectivity index (χ2n) is 6.33. The predicted octanol–water partition coefficient (Wildman–Crippen LogP) is 2.08. The highest BCUT2D eigenvalue weighted by Gasteiger charge is 2.23. The minimum Gasteiger partial charge on any atom is -0.336 e. The molecule has 4 amide bonds. The molecule has 1 heterocycles. The minimum atomic E-state index is -0.375. The summed E-state index contributed by atoms with van der Waals surface area (Å²) in [6.07, 6.45) is 1.28. The number of anilines is 1. The molecule has 0 unspecified atom stereocenters. The third kappa shape index (κ3) is 6.03. The zero-order valence-corrected chi connectivity index (χ0v) is 16.7. The van der Waals surface area contributed by atoms with Gasteiger partial charge in [0, 0.05) is 38.7 Å². The van der Waals surface area contributed by atoms with Gasteiger partial charge in [-0.1, -0.05) is 30.0 Å². The van der Waals surface area contributed by atoms with E-state index in [9.17, 15) is 14.4 Å². The summed E-state index contributed by atoms with van der Waals surface area (Å²) in [4.78, 5) is 38.4. The Morgan fingerprint density at radius 2 is 1.86 bits per heavy atom. The Hall–Kier alpha value is -2.98. The van der Waals surface area contributed by atoms with Crippen molar-refractivity contribution in [1.29, 1.82) is 0 Å². The highest BCUT2D eigenvalue weighted by Crippen LogP contribution is 2.22. The number of nitrogens with zero attached hydrogens (tertiary/aromatic N) is 2. The zero-order valence-electron chi connectivity index (χ0n) is 15.9. The molecule has 1 aromatic rings. The Kier molecular flexibility index (Phi) is 7.47. The fourth-order valence-electron chi connectivity index (χ4n) is 2.65. The summed E-state index contributed by atoms with van der Waals surface area (Å²) in [5, 5.41) is 5.90. The maximum absolute atomic E-state index is 12.3. The van der Waals surface area contributed by atoms with Crippen LogP contribution in [-0.2, 0) is 9.59 Å². The van der Waals surface area contributed by atoms with Gasteiger partial charge in [0.25, 0.3) is 0 Å². The van der Waals surface area contributed by atoms with Crippen LogP contribution in [0.2, 0.25) is 5.02 Å². The van der Waals surface area contributed by atoms with Crippen LogP contribution in [0.1, 0.15) is 19.4 Å². The lowest BCUT2D eigenvalue weighted by atomic mass is 10.2. The zero-order chi connectivity index (χ0) is 20.7. The standard InChI is InChI=1S/C20H23ClN4O3/c1-4-19(27)24-9-11-25(12-10-24)20(28)22-14(2)5-6-16-7-8-17(21)18(13-16)23-15(3)26/h4,7-8,13-14H,1,9-12H2,2-3H3,(H,22,28)(H,23,26)/t14-/m0/s1. The number of carbonyl (C=O) groups is 3. The lowest BCUT2D eigenvalue weighted by Gasteiger charge is -2.34. The number of carbonyl (C=O) groups excluding carboxylic acids is 3. The van der Waals surface area contributed by atoms with E-state index in [1.165, 1.54) is 13.0 Å². The Morgan fingerprint density at radius 1 is 1.21 bits per heavy atom. The Bertz CT molecular complexity index is 836. The van der Waals surface area contributed by atoms with E-state index < -0.39 is 0 Å². The van der Waals surface area contributed by atoms with Crippen molar-refractivity contribution in [2.45, 2.75) is 19.9 Å². The molecule has 1 aliphatic rings. The van der Waals surface area contributed by atoms with Gasteiger partial charge < -0.3 is 20.4 Å². The smallest absolute Gasteiger partial charge is 0.318 e. The van der Waals surface area contributed by atoms with Crippen LogP contribution in [0.4, 0.5) is 10.5 Å². The lowest BCUT2D eigenvalue weighted by Crippen LogP contribution is -2.53. The molecule has 1 aromatic carbocycles.